The largest absolute Gasteiger partial charge is 0.309 e. The van der Waals surface area contributed by atoms with E-state index in [0.29, 0.717) is 0 Å². The molecule has 3 heterocycles. The Morgan fingerprint density at radius 3 is 1.56 bits per heavy atom. The minimum absolute atomic E-state index is 0.00677. The minimum Gasteiger partial charge on any atom is -0.309 e. The van der Waals surface area contributed by atoms with Crippen LogP contribution in [-0.4, -0.2) is 4.57 Å². The molecular weight excluding hydrogens is 629 g/mol. The van der Waals surface area contributed by atoms with Crippen LogP contribution < -0.4 is 16.0 Å². The van der Waals surface area contributed by atoms with E-state index in [4.69, 9.17) is 0 Å². The van der Waals surface area contributed by atoms with Crippen LogP contribution >= 0.6 is 11.8 Å². The van der Waals surface area contributed by atoms with Gasteiger partial charge in [0.15, 0.2) is 0 Å². The zero-order valence-corrected chi connectivity index (χ0v) is 28.1. The molecule has 50 heavy (non-hydrogen) atoms. The predicted octanol–water partition coefficient (Wildman–Crippen LogP) is 10.8. The van der Waals surface area contributed by atoms with E-state index in [2.05, 4.69) is 190 Å². The van der Waals surface area contributed by atoms with Crippen LogP contribution in [0.4, 0.5) is 0 Å². The Kier molecular flexibility index (Phi) is 7.17. The van der Waals surface area contributed by atoms with E-state index < -0.39 is 0 Å². The molecule has 5 heteroatoms. The molecule has 1 aromatic heterocycles. The molecule has 3 N–H and O–H groups in total. The highest BCUT2D eigenvalue weighted by Crippen LogP contribution is 2.50. The molecule has 0 aliphatic carbocycles. The van der Waals surface area contributed by atoms with Gasteiger partial charge in [-0.2, -0.15) is 0 Å². The number of rotatable bonds is 4. The zero-order chi connectivity index (χ0) is 33.0. The van der Waals surface area contributed by atoms with Gasteiger partial charge in [-0.1, -0.05) is 145 Å². The van der Waals surface area contributed by atoms with Crippen molar-refractivity contribution in [2.24, 2.45) is 0 Å². The first-order chi connectivity index (χ1) is 24.8. The van der Waals surface area contributed by atoms with Gasteiger partial charge in [-0.25, -0.2) is 0 Å². The van der Waals surface area contributed by atoms with Gasteiger partial charge in [0.05, 0.1) is 29.5 Å². The van der Waals surface area contributed by atoms with Gasteiger partial charge in [-0.15, -0.1) is 0 Å². The predicted molar refractivity (Wildman–Crippen MR) is 206 cm³/mol. The lowest BCUT2D eigenvalue weighted by atomic mass is 9.94. The molecule has 2 atom stereocenters. The Bertz CT molecular complexity index is 2460. The number of benzene rings is 7. The van der Waals surface area contributed by atoms with Gasteiger partial charge >= 0.3 is 0 Å². The second-order valence-corrected chi connectivity index (χ2v) is 14.2. The number of hydrogen-bond acceptors (Lipinski definition) is 4. The number of fused-ring (bicyclic) bond motifs is 8. The summed E-state index contributed by atoms with van der Waals surface area (Å²) >= 11 is 1.87. The average Bonchev–Trinajstić information content (AvgIpc) is 3.43. The molecule has 0 spiro atoms. The molecule has 0 bridgehead atoms. The van der Waals surface area contributed by atoms with Crippen molar-refractivity contribution in [3.63, 3.8) is 0 Å². The molecule has 10 rings (SSSR count). The van der Waals surface area contributed by atoms with Crippen LogP contribution in [0.2, 0.25) is 0 Å². The Morgan fingerprint density at radius 2 is 0.900 bits per heavy atom. The number of para-hydroxylation sites is 1. The van der Waals surface area contributed by atoms with Crippen LogP contribution in [0.25, 0.3) is 49.7 Å². The summed E-state index contributed by atoms with van der Waals surface area (Å²) < 4.78 is 2.43. The molecule has 2 unspecified atom stereocenters. The van der Waals surface area contributed by atoms with E-state index in [9.17, 15) is 0 Å². The van der Waals surface area contributed by atoms with Crippen LogP contribution in [0.1, 0.15) is 35.2 Å². The quantitative estimate of drug-likeness (QED) is 0.175. The standard InChI is InChI=1S/C45H34N4S/c1-3-13-29(14-4-1)43-46-44(30-15-5-2-6-16-30)48-45(47-43)31-23-25-32(26-24-31)49-39-21-11-9-19-35(39)37-27-38-34-18-8-7-17-33(34)36-20-10-12-22-41(36)50-42(38)28-40(37)49/h1-28,43-48H. The third-order valence-electron chi connectivity index (χ3n) is 10.1. The molecule has 7 aromatic carbocycles. The normalized spacial score (nSPS) is 18.3. The summed E-state index contributed by atoms with van der Waals surface area (Å²) in [6.45, 7) is 0. The second kappa shape index (κ2) is 12.2. The average molecular weight is 663 g/mol. The Hall–Kier alpha value is -5.43. The first-order valence-corrected chi connectivity index (χ1v) is 18.0. The maximum absolute atomic E-state index is 3.82. The summed E-state index contributed by atoms with van der Waals surface area (Å²) in [5.41, 5.74) is 12.3. The van der Waals surface area contributed by atoms with E-state index in [1.165, 1.54) is 70.5 Å². The summed E-state index contributed by atoms with van der Waals surface area (Å²) in [7, 11) is 0. The van der Waals surface area contributed by atoms with Crippen molar-refractivity contribution in [2.45, 2.75) is 28.3 Å². The van der Waals surface area contributed by atoms with Crippen molar-refractivity contribution in [1.29, 1.82) is 0 Å². The Labute approximate surface area is 295 Å². The fourth-order valence-electron chi connectivity index (χ4n) is 7.75. The van der Waals surface area contributed by atoms with Crippen molar-refractivity contribution in [1.82, 2.24) is 20.5 Å². The number of nitrogens with zero attached hydrogens (tertiary/aromatic N) is 1. The van der Waals surface area contributed by atoms with Crippen LogP contribution in [0, 0.1) is 0 Å². The van der Waals surface area contributed by atoms with Gasteiger partial charge in [0, 0.05) is 26.3 Å². The van der Waals surface area contributed by atoms with Gasteiger partial charge in [0.2, 0.25) is 0 Å². The number of aromatic nitrogens is 1. The van der Waals surface area contributed by atoms with E-state index in [-0.39, 0.29) is 18.5 Å². The summed E-state index contributed by atoms with van der Waals surface area (Å²) in [5.74, 6) is 0. The number of nitrogens with one attached hydrogen (secondary N) is 3. The Balaban J connectivity index is 1.07. The highest BCUT2D eigenvalue weighted by molar-refractivity contribution is 7.99. The lowest BCUT2D eigenvalue weighted by Gasteiger charge is -2.39. The fourth-order valence-corrected chi connectivity index (χ4v) is 8.87. The topological polar surface area (TPSA) is 41.0 Å². The van der Waals surface area contributed by atoms with Gasteiger partial charge < -0.3 is 4.57 Å². The minimum atomic E-state index is -0.0498. The van der Waals surface area contributed by atoms with Crippen molar-refractivity contribution < 1.29 is 0 Å². The maximum Gasteiger partial charge on any atom is 0.0864 e. The van der Waals surface area contributed by atoms with E-state index in [1.54, 1.807) is 0 Å². The van der Waals surface area contributed by atoms with E-state index >= 15 is 0 Å². The summed E-state index contributed by atoms with van der Waals surface area (Å²) in [6.07, 6.45) is -0.0634. The molecule has 240 valence electrons. The summed E-state index contributed by atoms with van der Waals surface area (Å²) in [6, 6.07) is 61.6. The van der Waals surface area contributed by atoms with Crippen LogP contribution in [-0.2, 0) is 0 Å². The first kappa shape index (κ1) is 29.5. The zero-order valence-electron chi connectivity index (χ0n) is 27.3. The van der Waals surface area contributed by atoms with Gasteiger partial charge in [-0.3, -0.25) is 16.0 Å². The van der Waals surface area contributed by atoms with Crippen molar-refractivity contribution in [3.05, 3.63) is 187 Å². The molecule has 0 amide bonds. The molecule has 8 aromatic rings. The van der Waals surface area contributed by atoms with Crippen molar-refractivity contribution in [3.8, 4) is 27.9 Å². The van der Waals surface area contributed by atoms with Crippen molar-refractivity contribution in [2.75, 3.05) is 0 Å². The Morgan fingerprint density at radius 1 is 0.380 bits per heavy atom. The molecular formula is C45H34N4S. The first-order valence-electron chi connectivity index (χ1n) is 17.2. The highest BCUT2D eigenvalue weighted by atomic mass is 32.2. The molecule has 4 nitrogen and oxygen atoms in total. The van der Waals surface area contributed by atoms with Crippen LogP contribution in [0.15, 0.2) is 180 Å². The van der Waals surface area contributed by atoms with Gasteiger partial charge in [0.1, 0.15) is 0 Å². The van der Waals surface area contributed by atoms with Crippen molar-refractivity contribution >= 4 is 33.6 Å². The third kappa shape index (κ3) is 4.98. The van der Waals surface area contributed by atoms with Gasteiger partial charge in [-0.05, 0) is 75.3 Å². The molecule has 2 aliphatic rings. The summed E-state index contributed by atoms with van der Waals surface area (Å²) in [4.78, 5) is 2.56. The third-order valence-corrected chi connectivity index (χ3v) is 11.3. The smallest absolute Gasteiger partial charge is 0.0864 e. The SMILES string of the molecule is c1ccc(C2NC(c3ccccc3)NC(c3ccc(-n4c5ccccc5c5cc6c(cc54)Sc4ccccc4-c4ccccc4-6)cc3)N2)cc1. The van der Waals surface area contributed by atoms with E-state index in [1.807, 2.05) is 11.8 Å². The monoisotopic (exact) mass is 662 g/mol. The lowest BCUT2D eigenvalue weighted by Crippen LogP contribution is -2.54. The van der Waals surface area contributed by atoms with Crippen LogP contribution in [0.5, 0.6) is 0 Å². The highest BCUT2D eigenvalue weighted by Gasteiger charge is 2.30. The maximum atomic E-state index is 3.82. The van der Waals surface area contributed by atoms with E-state index in [0.717, 1.165) is 5.69 Å². The molecule has 0 saturated carbocycles. The van der Waals surface area contributed by atoms with Crippen LogP contribution in [0.3, 0.4) is 0 Å². The molecule has 2 aliphatic heterocycles. The number of hydrogen-bond donors (Lipinski definition) is 3. The molecule has 1 saturated heterocycles. The van der Waals surface area contributed by atoms with Gasteiger partial charge in [0.25, 0.3) is 0 Å². The molecule has 0 radical (unpaired) electrons. The molecule has 1 fully saturated rings. The summed E-state index contributed by atoms with van der Waals surface area (Å²) in [5, 5.41) is 13.9. The fraction of sp³-hybridized carbons (Fsp3) is 0.0667. The lowest BCUT2D eigenvalue weighted by molar-refractivity contribution is 0.203. The second-order valence-electron chi connectivity index (χ2n) is 13.1.